The van der Waals surface area contributed by atoms with Gasteiger partial charge in [0.15, 0.2) is 0 Å². The molecule has 96 valence electrons. The second-order valence-corrected chi connectivity index (χ2v) is 7.33. The van der Waals surface area contributed by atoms with Gasteiger partial charge in [-0.05, 0) is 28.1 Å². The largest absolute Gasteiger partial charge is 0.301 e. The van der Waals surface area contributed by atoms with Crippen molar-refractivity contribution in [1.29, 1.82) is 0 Å². The zero-order valence-corrected chi connectivity index (χ0v) is 12.2. The van der Waals surface area contributed by atoms with Gasteiger partial charge in [0.05, 0.1) is 24.2 Å². The lowest BCUT2D eigenvalue weighted by Crippen LogP contribution is -2.35. The van der Waals surface area contributed by atoms with Crippen LogP contribution in [0.5, 0.6) is 0 Å². The number of pyridine rings is 1. The molecular weight excluding hydrogens is 318 g/mol. The van der Waals surface area contributed by atoms with E-state index in [4.69, 9.17) is 0 Å². The lowest BCUT2D eigenvalue weighted by molar-refractivity contribution is 0.387. The predicted molar refractivity (Wildman–Crippen MR) is 71.8 cm³/mol. The highest BCUT2D eigenvalue weighted by Gasteiger charge is 2.26. The van der Waals surface area contributed by atoms with Gasteiger partial charge in [-0.2, -0.15) is 4.31 Å². The number of hydrogen-bond acceptors (Lipinski definition) is 3. The minimum absolute atomic E-state index is 0.395. The molecule has 0 fully saturated rings. The Kier molecular flexibility index (Phi) is 2.72. The van der Waals surface area contributed by atoms with Crippen LogP contribution < -0.4 is 0 Å². The molecule has 0 saturated carbocycles. The number of hydrogen-bond donors (Lipinski definition) is 0. The first-order chi connectivity index (χ1) is 8.45. The van der Waals surface area contributed by atoms with Gasteiger partial charge in [-0.15, -0.1) is 0 Å². The first kappa shape index (κ1) is 12.1. The molecule has 18 heavy (non-hydrogen) atoms. The molecule has 0 unspecified atom stereocenters. The number of nitrogens with zero attached hydrogens (tertiary/aromatic N) is 3. The second-order valence-electron chi connectivity index (χ2n) is 4.43. The van der Waals surface area contributed by atoms with Gasteiger partial charge in [-0.25, -0.2) is 13.4 Å². The fourth-order valence-corrected chi connectivity index (χ4v) is 3.36. The molecule has 0 saturated heterocycles. The van der Waals surface area contributed by atoms with Crippen LogP contribution in [0, 0.1) is 0 Å². The van der Waals surface area contributed by atoms with E-state index in [0.717, 1.165) is 21.5 Å². The zero-order valence-electron chi connectivity index (χ0n) is 9.80. The molecule has 3 heterocycles. The van der Waals surface area contributed by atoms with Gasteiger partial charge in [-0.3, -0.25) is 0 Å². The monoisotopic (exact) mass is 329 g/mol. The summed E-state index contributed by atoms with van der Waals surface area (Å²) < 4.78 is 27.6. The minimum Gasteiger partial charge on any atom is -0.301 e. The van der Waals surface area contributed by atoms with Crippen LogP contribution in [0.3, 0.4) is 0 Å². The van der Waals surface area contributed by atoms with Crippen LogP contribution in [0.15, 0.2) is 22.8 Å². The van der Waals surface area contributed by atoms with E-state index in [0.29, 0.717) is 19.5 Å². The molecule has 0 N–H and O–H groups in total. The predicted octanol–water partition coefficient (Wildman–Crippen LogP) is 1.41. The number of fused-ring (bicyclic) bond motifs is 3. The van der Waals surface area contributed by atoms with Gasteiger partial charge in [0.2, 0.25) is 10.0 Å². The maximum Gasteiger partial charge on any atom is 0.211 e. The lowest BCUT2D eigenvalue weighted by Gasteiger charge is -2.24. The third-order valence-electron chi connectivity index (χ3n) is 3.16. The van der Waals surface area contributed by atoms with Crippen LogP contribution in [0.25, 0.3) is 5.65 Å². The van der Waals surface area contributed by atoms with E-state index in [9.17, 15) is 8.42 Å². The normalized spacial score (nSPS) is 17.0. The van der Waals surface area contributed by atoms with Crippen molar-refractivity contribution in [2.75, 3.05) is 12.8 Å². The van der Waals surface area contributed by atoms with Crippen LogP contribution >= 0.6 is 15.9 Å². The molecule has 0 amide bonds. The molecule has 5 nitrogen and oxygen atoms in total. The maximum absolute atomic E-state index is 11.6. The van der Waals surface area contributed by atoms with Gasteiger partial charge in [-0.1, -0.05) is 0 Å². The van der Waals surface area contributed by atoms with E-state index in [2.05, 4.69) is 20.9 Å². The topological polar surface area (TPSA) is 54.7 Å². The summed E-state index contributed by atoms with van der Waals surface area (Å²) in [5, 5.41) is 0. The number of rotatable bonds is 1. The van der Waals surface area contributed by atoms with E-state index >= 15 is 0 Å². The van der Waals surface area contributed by atoms with E-state index in [1.807, 2.05) is 22.7 Å². The van der Waals surface area contributed by atoms with Gasteiger partial charge >= 0.3 is 0 Å². The number of aromatic nitrogens is 2. The molecule has 1 aliphatic rings. The Balaban J connectivity index is 2.14. The highest BCUT2D eigenvalue weighted by Crippen LogP contribution is 2.23. The van der Waals surface area contributed by atoms with Gasteiger partial charge in [0.25, 0.3) is 0 Å². The molecule has 0 aromatic carbocycles. The molecule has 0 aliphatic carbocycles. The Labute approximate surface area is 114 Å². The van der Waals surface area contributed by atoms with Crippen molar-refractivity contribution in [1.82, 2.24) is 13.7 Å². The fraction of sp³-hybridized carbons (Fsp3) is 0.364. The first-order valence-electron chi connectivity index (χ1n) is 5.55. The van der Waals surface area contributed by atoms with Crippen LogP contribution in [0.1, 0.15) is 11.4 Å². The van der Waals surface area contributed by atoms with Crippen molar-refractivity contribution in [3.05, 3.63) is 34.2 Å². The molecule has 0 spiro atoms. The molecule has 2 aromatic rings. The summed E-state index contributed by atoms with van der Waals surface area (Å²) in [6.07, 6.45) is 3.84. The molecule has 0 radical (unpaired) electrons. The second kappa shape index (κ2) is 4.04. The lowest BCUT2D eigenvalue weighted by atomic mass is 10.2. The van der Waals surface area contributed by atoms with Crippen LogP contribution in [0.2, 0.25) is 0 Å². The highest BCUT2D eigenvalue weighted by molar-refractivity contribution is 9.10. The Bertz CT molecular complexity index is 723. The highest BCUT2D eigenvalue weighted by atomic mass is 79.9. The molecule has 2 aromatic heterocycles. The summed E-state index contributed by atoms with van der Waals surface area (Å²) in [5.41, 5.74) is 2.81. The standard InChI is InChI=1S/C11H12BrN3O2S/c1-18(16,17)14-5-4-9-10(7-14)15-6-8(12)2-3-11(15)13-9/h2-3,6H,4-5,7H2,1H3. The van der Waals surface area contributed by atoms with Crippen molar-refractivity contribution < 1.29 is 8.42 Å². The van der Waals surface area contributed by atoms with Crippen LogP contribution in [-0.2, 0) is 23.0 Å². The third kappa shape index (κ3) is 1.96. The van der Waals surface area contributed by atoms with Crippen LogP contribution in [0.4, 0.5) is 0 Å². The van der Waals surface area contributed by atoms with E-state index < -0.39 is 10.0 Å². The molecule has 3 rings (SSSR count). The summed E-state index contributed by atoms with van der Waals surface area (Å²) in [4.78, 5) is 4.53. The summed E-state index contributed by atoms with van der Waals surface area (Å²) in [5.74, 6) is 0. The van der Waals surface area contributed by atoms with Crippen molar-refractivity contribution in [3.63, 3.8) is 0 Å². The summed E-state index contributed by atoms with van der Waals surface area (Å²) in [6.45, 7) is 0.905. The summed E-state index contributed by atoms with van der Waals surface area (Å²) in [6, 6.07) is 3.86. The van der Waals surface area contributed by atoms with E-state index in [-0.39, 0.29) is 0 Å². The molecule has 0 atom stereocenters. The first-order valence-corrected chi connectivity index (χ1v) is 8.20. The van der Waals surface area contributed by atoms with Crippen molar-refractivity contribution in [3.8, 4) is 0 Å². The Morgan fingerprint density at radius 2 is 2.17 bits per heavy atom. The number of imidazole rings is 1. The average Bonchev–Trinajstić information content (AvgIpc) is 2.65. The van der Waals surface area contributed by atoms with Gasteiger partial charge < -0.3 is 4.40 Å². The van der Waals surface area contributed by atoms with Gasteiger partial charge in [0.1, 0.15) is 5.65 Å². The fourth-order valence-electron chi connectivity index (χ4n) is 2.24. The minimum atomic E-state index is -3.14. The molecule has 0 bridgehead atoms. The SMILES string of the molecule is CS(=O)(=O)N1CCc2nc3ccc(Br)cn3c2C1. The van der Waals surface area contributed by atoms with Crippen molar-refractivity contribution >= 4 is 31.6 Å². The Morgan fingerprint density at radius 3 is 2.89 bits per heavy atom. The quantitative estimate of drug-likeness (QED) is 0.795. The maximum atomic E-state index is 11.6. The zero-order chi connectivity index (χ0) is 12.9. The molecule has 7 heteroatoms. The molecular formula is C11H12BrN3O2S. The number of halogens is 1. The van der Waals surface area contributed by atoms with E-state index in [1.54, 1.807) is 0 Å². The van der Waals surface area contributed by atoms with Crippen molar-refractivity contribution in [2.24, 2.45) is 0 Å². The third-order valence-corrected chi connectivity index (χ3v) is 4.88. The smallest absolute Gasteiger partial charge is 0.211 e. The summed E-state index contributed by atoms with van der Waals surface area (Å²) in [7, 11) is -3.14. The van der Waals surface area contributed by atoms with E-state index in [1.165, 1.54) is 10.6 Å². The van der Waals surface area contributed by atoms with Gasteiger partial charge in [0, 0.05) is 23.6 Å². The Morgan fingerprint density at radius 1 is 1.39 bits per heavy atom. The number of sulfonamides is 1. The van der Waals surface area contributed by atoms with Crippen LogP contribution in [-0.4, -0.2) is 34.9 Å². The summed E-state index contributed by atoms with van der Waals surface area (Å²) >= 11 is 3.42. The molecule has 1 aliphatic heterocycles. The average molecular weight is 330 g/mol. The Hall–Kier alpha value is -0.920. The van der Waals surface area contributed by atoms with Crippen molar-refractivity contribution in [2.45, 2.75) is 13.0 Å².